The highest BCUT2D eigenvalue weighted by atomic mass is 79.9. The van der Waals surface area contributed by atoms with Gasteiger partial charge in [-0.25, -0.2) is 0 Å². The lowest BCUT2D eigenvalue weighted by Gasteiger charge is -2.25. The predicted molar refractivity (Wildman–Crippen MR) is 88.6 cm³/mol. The number of para-hydroxylation sites is 1. The van der Waals surface area contributed by atoms with Gasteiger partial charge in [-0.3, -0.25) is 4.79 Å². The summed E-state index contributed by atoms with van der Waals surface area (Å²) in [6.07, 6.45) is 0.123. The van der Waals surface area contributed by atoms with Crippen LogP contribution in [0.5, 0.6) is 0 Å². The van der Waals surface area contributed by atoms with Crippen LogP contribution in [0, 0.1) is 6.92 Å². The van der Waals surface area contributed by atoms with Gasteiger partial charge < -0.3 is 10.0 Å². The molecule has 0 unspecified atom stereocenters. The number of aliphatic carboxylic acids is 1. The topological polar surface area (TPSA) is 40.5 Å². The standard InChI is InChI=1S/C17H18BrNO2/c1-13-7-8-14(16(18)11-13)12-19(10-9-17(20)21)15-5-3-2-4-6-15/h2-8,11H,9-10,12H2,1H3,(H,20,21). The molecule has 1 N–H and O–H groups in total. The number of rotatable bonds is 6. The summed E-state index contributed by atoms with van der Waals surface area (Å²) in [6.45, 7) is 3.21. The van der Waals surface area contributed by atoms with E-state index in [1.165, 1.54) is 5.56 Å². The van der Waals surface area contributed by atoms with Crippen molar-refractivity contribution in [1.82, 2.24) is 0 Å². The van der Waals surface area contributed by atoms with Crippen molar-refractivity contribution in [3.63, 3.8) is 0 Å². The minimum absolute atomic E-state index is 0.123. The normalized spacial score (nSPS) is 10.4. The zero-order chi connectivity index (χ0) is 15.2. The Balaban J connectivity index is 2.21. The van der Waals surface area contributed by atoms with Crippen molar-refractivity contribution in [3.05, 3.63) is 64.1 Å². The lowest BCUT2D eigenvalue weighted by Crippen LogP contribution is -2.25. The Hall–Kier alpha value is -1.81. The Morgan fingerprint density at radius 3 is 2.52 bits per heavy atom. The van der Waals surface area contributed by atoms with Crippen LogP contribution in [0.2, 0.25) is 0 Å². The van der Waals surface area contributed by atoms with Crippen molar-refractivity contribution in [2.24, 2.45) is 0 Å². The fourth-order valence-electron chi connectivity index (χ4n) is 2.16. The first-order valence-corrected chi connectivity index (χ1v) is 7.62. The summed E-state index contributed by atoms with van der Waals surface area (Å²) in [5.74, 6) is -0.779. The third-order valence-corrected chi connectivity index (χ3v) is 4.02. The Bertz CT molecular complexity index is 613. The molecule has 0 heterocycles. The first kappa shape index (κ1) is 15.6. The van der Waals surface area contributed by atoms with Gasteiger partial charge in [0.1, 0.15) is 0 Å². The summed E-state index contributed by atoms with van der Waals surface area (Å²) in [6, 6.07) is 16.1. The molecule has 0 amide bonds. The van der Waals surface area contributed by atoms with Crippen LogP contribution in [-0.4, -0.2) is 17.6 Å². The summed E-state index contributed by atoms with van der Waals surface area (Å²) in [5, 5.41) is 8.93. The number of carbonyl (C=O) groups is 1. The molecule has 0 aromatic heterocycles. The van der Waals surface area contributed by atoms with Crippen molar-refractivity contribution >= 4 is 27.6 Å². The van der Waals surface area contributed by atoms with E-state index in [2.05, 4.69) is 39.0 Å². The molecule has 0 aliphatic rings. The number of carboxylic acids is 1. The smallest absolute Gasteiger partial charge is 0.305 e. The zero-order valence-electron chi connectivity index (χ0n) is 11.9. The molecule has 2 aromatic rings. The third kappa shape index (κ3) is 4.60. The maximum Gasteiger partial charge on any atom is 0.305 e. The molecule has 0 fully saturated rings. The lowest BCUT2D eigenvalue weighted by atomic mass is 10.1. The van der Waals surface area contributed by atoms with Gasteiger partial charge in [-0.1, -0.05) is 46.3 Å². The number of aryl methyl sites for hydroxylation is 1. The monoisotopic (exact) mass is 347 g/mol. The van der Waals surface area contributed by atoms with Gasteiger partial charge in [0, 0.05) is 23.2 Å². The van der Waals surface area contributed by atoms with E-state index < -0.39 is 5.97 Å². The molecule has 0 aliphatic heterocycles. The molecule has 2 rings (SSSR count). The fraction of sp³-hybridized carbons (Fsp3) is 0.235. The van der Waals surface area contributed by atoms with Crippen molar-refractivity contribution < 1.29 is 9.90 Å². The second-order valence-electron chi connectivity index (χ2n) is 5.00. The maximum absolute atomic E-state index is 10.9. The van der Waals surface area contributed by atoms with Crippen molar-refractivity contribution in [3.8, 4) is 0 Å². The largest absolute Gasteiger partial charge is 0.481 e. The van der Waals surface area contributed by atoms with Crippen molar-refractivity contribution in [1.29, 1.82) is 0 Å². The molecule has 0 spiro atoms. The molecule has 0 saturated heterocycles. The molecule has 0 radical (unpaired) electrons. The highest BCUT2D eigenvalue weighted by Gasteiger charge is 2.11. The summed E-state index contributed by atoms with van der Waals surface area (Å²) >= 11 is 3.59. The Kier molecular flexibility index (Phi) is 5.39. The highest BCUT2D eigenvalue weighted by Crippen LogP contribution is 2.23. The number of hydrogen-bond donors (Lipinski definition) is 1. The first-order chi connectivity index (χ1) is 10.1. The van der Waals surface area contributed by atoms with Gasteiger partial charge in [-0.05, 0) is 36.2 Å². The Morgan fingerprint density at radius 2 is 1.90 bits per heavy atom. The van der Waals surface area contributed by atoms with Gasteiger partial charge in [-0.15, -0.1) is 0 Å². The summed E-state index contributed by atoms with van der Waals surface area (Å²) in [7, 11) is 0. The molecule has 2 aromatic carbocycles. The molecular weight excluding hydrogens is 330 g/mol. The molecule has 110 valence electrons. The van der Waals surface area contributed by atoms with E-state index in [0.717, 1.165) is 15.7 Å². The number of anilines is 1. The number of benzene rings is 2. The minimum atomic E-state index is -0.779. The minimum Gasteiger partial charge on any atom is -0.481 e. The molecule has 0 saturated carbocycles. The van der Waals surface area contributed by atoms with Gasteiger partial charge in [0.2, 0.25) is 0 Å². The SMILES string of the molecule is Cc1ccc(CN(CCC(=O)O)c2ccccc2)c(Br)c1. The average molecular weight is 348 g/mol. The second-order valence-corrected chi connectivity index (χ2v) is 5.85. The zero-order valence-corrected chi connectivity index (χ0v) is 13.5. The van der Waals surface area contributed by atoms with Gasteiger partial charge in [0.05, 0.1) is 6.42 Å². The van der Waals surface area contributed by atoms with Gasteiger partial charge in [0.25, 0.3) is 0 Å². The van der Waals surface area contributed by atoms with E-state index in [-0.39, 0.29) is 6.42 Å². The van der Waals surface area contributed by atoms with E-state index in [9.17, 15) is 4.79 Å². The number of hydrogen-bond acceptors (Lipinski definition) is 2. The van der Waals surface area contributed by atoms with Crippen molar-refractivity contribution in [2.75, 3.05) is 11.4 Å². The van der Waals surface area contributed by atoms with E-state index in [4.69, 9.17) is 5.11 Å². The summed E-state index contributed by atoms with van der Waals surface area (Å²) in [5.41, 5.74) is 3.38. The van der Waals surface area contributed by atoms with Crippen LogP contribution in [0.4, 0.5) is 5.69 Å². The van der Waals surface area contributed by atoms with Crippen LogP contribution in [0.25, 0.3) is 0 Å². The summed E-state index contributed by atoms with van der Waals surface area (Å²) in [4.78, 5) is 13.0. The molecule has 4 heteroatoms. The molecule has 3 nitrogen and oxygen atoms in total. The first-order valence-electron chi connectivity index (χ1n) is 6.83. The maximum atomic E-state index is 10.9. The van der Waals surface area contributed by atoms with E-state index in [1.807, 2.05) is 37.3 Å². The number of halogens is 1. The van der Waals surface area contributed by atoms with Gasteiger partial charge in [-0.2, -0.15) is 0 Å². The molecule has 21 heavy (non-hydrogen) atoms. The van der Waals surface area contributed by atoms with Crippen LogP contribution < -0.4 is 4.90 Å². The van der Waals surface area contributed by atoms with Crippen LogP contribution in [0.1, 0.15) is 17.5 Å². The van der Waals surface area contributed by atoms with E-state index in [0.29, 0.717) is 13.1 Å². The Labute approximate surface area is 133 Å². The van der Waals surface area contributed by atoms with E-state index >= 15 is 0 Å². The Morgan fingerprint density at radius 1 is 1.19 bits per heavy atom. The quantitative estimate of drug-likeness (QED) is 0.849. The van der Waals surface area contributed by atoms with Crippen molar-refractivity contribution in [2.45, 2.75) is 19.9 Å². The molecule has 0 atom stereocenters. The lowest BCUT2D eigenvalue weighted by molar-refractivity contribution is -0.136. The van der Waals surface area contributed by atoms with Crippen LogP contribution in [-0.2, 0) is 11.3 Å². The second kappa shape index (κ2) is 7.27. The summed E-state index contributed by atoms with van der Waals surface area (Å²) < 4.78 is 1.05. The molecular formula is C17H18BrNO2. The fourth-order valence-corrected chi connectivity index (χ4v) is 2.77. The van der Waals surface area contributed by atoms with Crippen LogP contribution >= 0.6 is 15.9 Å². The average Bonchev–Trinajstić information content (AvgIpc) is 2.46. The number of carboxylic acid groups (broad SMARTS) is 1. The van der Waals surface area contributed by atoms with Gasteiger partial charge >= 0.3 is 5.97 Å². The number of nitrogens with zero attached hydrogens (tertiary/aromatic N) is 1. The molecule has 0 bridgehead atoms. The van der Waals surface area contributed by atoms with Crippen LogP contribution in [0.15, 0.2) is 53.0 Å². The highest BCUT2D eigenvalue weighted by molar-refractivity contribution is 9.10. The van der Waals surface area contributed by atoms with E-state index in [1.54, 1.807) is 0 Å². The predicted octanol–water partition coefficient (Wildman–Crippen LogP) is 4.24. The third-order valence-electron chi connectivity index (χ3n) is 3.29. The van der Waals surface area contributed by atoms with Gasteiger partial charge in [0.15, 0.2) is 0 Å². The molecule has 0 aliphatic carbocycles. The van der Waals surface area contributed by atoms with Crippen LogP contribution in [0.3, 0.4) is 0 Å².